The minimum absolute atomic E-state index is 0.225. The predicted molar refractivity (Wildman–Crippen MR) is 62.4 cm³/mol. The lowest BCUT2D eigenvalue weighted by atomic mass is 10.1. The molecule has 0 heterocycles. The van der Waals surface area contributed by atoms with Crippen molar-refractivity contribution in [2.24, 2.45) is 0 Å². The number of carbonyl (C=O) groups is 1. The van der Waals surface area contributed by atoms with Gasteiger partial charge in [-0.15, -0.1) is 0 Å². The van der Waals surface area contributed by atoms with Gasteiger partial charge >= 0.3 is 12.1 Å². The molecule has 0 spiro atoms. The van der Waals surface area contributed by atoms with Crippen molar-refractivity contribution >= 4 is 14.3 Å². The van der Waals surface area contributed by atoms with Crippen molar-refractivity contribution in [3.05, 3.63) is 29.3 Å². The Morgan fingerprint density at radius 1 is 1.28 bits per heavy atom. The molecule has 1 aromatic carbocycles. The summed E-state index contributed by atoms with van der Waals surface area (Å²) in [4.78, 5) is 10.9. The van der Waals surface area contributed by atoms with Gasteiger partial charge in [-0.25, -0.2) is 4.79 Å². The molecule has 1 N–H and O–H groups in total. The maximum absolute atomic E-state index is 12.5. The molecule has 100 valence electrons. The Morgan fingerprint density at radius 2 is 1.83 bits per heavy atom. The SMILES string of the molecule is C[Si](C)(C)Oc1cc(C(F)(F)F)ccc1C(=O)O. The third kappa shape index (κ3) is 3.76. The van der Waals surface area contributed by atoms with E-state index in [4.69, 9.17) is 9.53 Å². The van der Waals surface area contributed by atoms with Crippen LogP contribution in [0.1, 0.15) is 15.9 Å². The molecule has 0 aromatic heterocycles. The summed E-state index contributed by atoms with van der Waals surface area (Å²) in [5.74, 6) is -1.53. The number of halogens is 3. The van der Waals surface area contributed by atoms with Gasteiger partial charge in [-0.2, -0.15) is 13.2 Å². The number of carboxylic acid groups (broad SMARTS) is 1. The molecule has 18 heavy (non-hydrogen) atoms. The number of rotatable bonds is 3. The summed E-state index contributed by atoms with van der Waals surface area (Å²) >= 11 is 0. The van der Waals surface area contributed by atoms with Gasteiger partial charge in [-0.3, -0.25) is 0 Å². The zero-order valence-electron chi connectivity index (χ0n) is 10.1. The van der Waals surface area contributed by atoms with E-state index >= 15 is 0 Å². The molecule has 0 atom stereocenters. The highest BCUT2D eigenvalue weighted by Gasteiger charge is 2.32. The molecule has 3 nitrogen and oxygen atoms in total. The van der Waals surface area contributed by atoms with Crippen LogP contribution in [-0.2, 0) is 6.18 Å². The Morgan fingerprint density at radius 3 is 2.22 bits per heavy atom. The first-order chi connectivity index (χ1) is 8.00. The van der Waals surface area contributed by atoms with Crippen LogP contribution in [0.15, 0.2) is 18.2 Å². The smallest absolute Gasteiger partial charge is 0.416 e. The minimum atomic E-state index is -4.52. The molecular formula is C11H13F3O3Si. The molecule has 0 saturated carbocycles. The maximum Gasteiger partial charge on any atom is 0.416 e. The highest BCUT2D eigenvalue weighted by Crippen LogP contribution is 2.34. The zero-order valence-corrected chi connectivity index (χ0v) is 11.1. The van der Waals surface area contributed by atoms with Crippen molar-refractivity contribution in [2.75, 3.05) is 0 Å². The van der Waals surface area contributed by atoms with Crippen LogP contribution in [0, 0.1) is 0 Å². The number of benzene rings is 1. The Labute approximate surface area is 103 Å². The quantitative estimate of drug-likeness (QED) is 0.859. The molecule has 0 bridgehead atoms. The van der Waals surface area contributed by atoms with Gasteiger partial charge in [0.25, 0.3) is 0 Å². The minimum Gasteiger partial charge on any atom is -0.544 e. The van der Waals surface area contributed by atoms with Crippen molar-refractivity contribution in [3.63, 3.8) is 0 Å². The number of hydrogen-bond donors (Lipinski definition) is 1. The maximum atomic E-state index is 12.5. The molecule has 0 unspecified atom stereocenters. The van der Waals surface area contributed by atoms with E-state index in [1.54, 1.807) is 19.6 Å². The fraction of sp³-hybridized carbons (Fsp3) is 0.364. The summed E-state index contributed by atoms with van der Waals surface area (Å²) in [6, 6.07) is 2.39. The Bertz CT molecular complexity index is 464. The van der Waals surface area contributed by atoms with Crippen LogP contribution >= 0.6 is 0 Å². The van der Waals surface area contributed by atoms with E-state index in [0.29, 0.717) is 0 Å². The van der Waals surface area contributed by atoms with Crippen molar-refractivity contribution in [2.45, 2.75) is 25.8 Å². The van der Waals surface area contributed by atoms with Gasteiger partial charge in [0.2, 0.25) is 8.32 Å². The lowest BCUT2D eigenvalue weighted by Gasteiger charge is -2.21. The molecule has 0 saturated heterocycles. The van der Waals surface area contributed by atoms with Gasteiger partial charge in [0, 0.05) is 0 Å². The second kappa shape index (κ2) is 4.64. The number of aromatic carboxylic acids is 1. The third-order valence-electron chi connectivity index (χ3n) is 1.96. The van der Waals surface area contributed by atoms with Crippen LogP contribution in [0.2, 0.25) is 19.6 Å². The highest BCUT2D eigenvalue weighted by atomic mass is 28.4. The fourth-order valence-corrected chi connectivity index (χ4v) is 2.12. The summed E-state index contributed by atoms with van der Waals surface area (Å²) < 4.78 is 43.0. The molecule has 0 aliphatic carbocycles. The molecule has 1 aromatic rings. The number of carboxylic acids is 1. The summed E-state index contributed by atoms with van der Waals surface area (Å²) in [6.45, 7) is 5.29. The van der Waals surface area contributed by atoms with Gasteiger partial charge in [0.1, 0.15) is 11.3 Å². The van der Waals surface area contributed by atoms with Gasteiger partial charge in [-0.05, 0) is 37.8 Å². The van der Waals surface area contributed by atoms with Crippen LogP contribution < -0.4 is 4.43 Å². The van der Waals surface area contributed by atoms with E-state index in [2.05, 4.69) is 0 Å². The molecule has 0 fully saturated rings. The van der Waals surface area contributed by atoms with Crippen LogP contribution in [0.5, 0.6) is 5.75 Å². The van der Waals surface area contributed by atoms with Crippen molar-refractivity contribution in [1.29, 1.82) is 0 Å². The summed E-state index contributed by atoms with van der Waals surface area (Å²) in [6.07, 6.45) is -4.52. The normalized spacial score (nSPS) is 12.3. The Kier molecular flexibility index (Phi) is 3.75. The first-order valence-electron chi connectivity index (χ1n) is 5.14. The predicted octanol–water partition coefficient (Wildman–Crippen LogP) is 3.62. The van der Waals surface area contributed by atoms with Gasteiger partial charge in [0.05, 0.1) is 5.56 Å². The molecule has 0 aliphatic rings. The largest absolute Gasteiger partial charge is 0.544 e. The van der Waals surface area contributed by atoms with Gasteiger partial charge in [-0.1, -0.05) is 0 Å². The van der Waals surface area contributed by atoms with E-state index in [0.717, 1.165) is 18.2 Å². The average Bonchev–Trinajstić information content (AvgIpc) is 2.12. The first kappa shape index (κ1) is 14.6. The average molecular weight is 278 g/mol. The lowest BCUT2D eigenvalue weighted by Crippen LogP contribution is -2.30. The highest BCUT2D eigenvalue weighted by molar-refractivity contribution is 6.70. The molecule has 0 radical (unpaired) electrons. The van der Waals surface area contributed by atoms with E-state index in [1.807, 2.05) is 0 Å². The molecule has 0 amide bonds. The number of hydrogen-bond acceptors (Lipinski definition) is 2. The lowest BCUT2D eigenvalue weighted by molar-refractivity contribution is -0.137. The van der Waals surface area contributed by atoms with Crippen LogP contribution in [0.3, 0.4) is 0 Å². The zero-order chi connectivity index (χ0) is 14.1. The standard InChI is InChI=1S/C11H13F3O3Si/c1-18(2,3)17-9-6-7(11(12,13)14)4-5-8(9)10(15)16/h4-6H,1-3H3,(H,15,16). The second-order valence-corrected chi connectivity index (χ2v) is 9.16. The van der Waals surface area contributed by atoms with Crippen LogP contribution in [0.4, 0.5) is 13.2 Å². The third-order valence-corrected chi connectivity index (χ3v) is 2.79. The summed E-state index contributed by atoms with van der Waals surface area (Å²) in [7, 11) is -2.19. The topological polar surface area (TPSA) is 46.5 Å². The molecule has 7 heteroatoms. The van der Waals surface area contributed by atoms with Crippen LogP contribution in [0.25, 0.3) is 0 Å². The fourth-order valence-electron chi connectivity index (χ4n) is 1.29. The van der Waals surface area contributed by atoms with E-state index in [9.17, 15) is 18.0 Å². The monoisotopic (exact) mass is 278 g/mol. The molecule has 1 rings (SSSR count). The summed E-state index contributed by atoms with van der Waals surface area (Å²) in [5.41, 5.74) is -1.17. The van der Waals surface area contributed by atoms with E-state index in [-0.39, 0.29) is 11.3 Å². The molecular weight excluding hydrogens is 265 g/mol. The van der Waals surface area contributed by atoms with Gasteiger partial charge < -0.3 is 9.53 Å². The van der Waals surface area contributed by atoms with Crippen LogP contribution in [-0.4, -0.2) is 19.4 Å². The first-order valence-corrected chi connectivity index (χ1v) is 8.55. The van der Waals surface area contributed by atoms with Crippen molar-refractivity contribution in [1.82, 2.24) is 0 Å². The van der Waals surface area contributed by atoms with Crippen molar-refractivity contribution in [3.8, 4) is 5.75 Å². The van der Waals surface area contributed by atoms with E-state index < -0.39 is 26.0 Å². The van der Waals surface area contributed by atoms with Crippen molar-refractivity contribution < 1.29 is 27.5 Å². The number of alkyl halides is 3. The second-order valence-electron chi connectivity index (χ2n) is 4.73. The Balaban J connectivity index is 3.29. The Hall–Kier alpha value is -1.50. The van der Waals surface area contributed by atoms with Gasteiger partial charge in [0.15, 0.2) is 0 Å². The van der Waals surface area contributed by atoms with E-state index in [1.165, 1.54) is 0 Å². The molecule has 0 aliphatic heterocycles. The summed E-state index contributed by atoms with van der Waals surface area (Å²) in [5, 5.41) is 8.91.